The lowest BCUT2D eigenvalue weighted by Crippen LogP contribution is -2.45. The van der Waals surface area contributed by atoms with E-state index in [-0.39, 0.29) is 36.8 Å². The number of carbonyl (C=O) groups is 3. The number of alkyl carbamates (subject to hydrolysis) is 1. The highest BCUT2D eigenvalue weighted by atomic mass is 16.5. The number of ether oxygens (including phenoxy) is 1. The number of hydrogen-bond donors (Lipinski definition) is 3. The van der Waals surface area contributed by atoms with Crippen LogP contribution >= 0.6 is 0 Å². The van der Waals surface area contributed by atoms with Gasteiger partial charge >= 0.3 is 12.1 Å². The Morgan fingerprint density at radius 2 is 1.56 bits per heavy atom. The predicted octanol–water partition coefficient (Wildman–Crippen LogP) is 4.70. The summed E-state index contributed by atoms with van der Waals surface area (Å²) in [5, 5.41) is 14.7. The number of rotatable bonds is 11. The minimum atomic E-state index is -1.02. The fraction of sp³-hybridized carbons (Fsp3) is 0.444. The van der Waals surface area contributed by atoms with E-state index in [1.165, 1.54) is 11.1 Å². The first-order valence-corrected chi connectivity index (χ1v) is 12.0. The van der Waals surface area contributed by atoms with Crippen molar-refractivity contribution in [2.24, 2.45) is 5.92 Å². The number of carboxylic acids is 1. The lowest BCUT2D eigenvalue weighted by Gasteiger charge is -2.20. The Bertz CT molecular complexity index is 976. The molecule has 2 amide bonds. The maximum Gasteiger partial charge on any atom is 0.407 e. The molecule has 0 aromatic heterocycles. The molecule has 3 rings (SSSR count). The van der Waals surface area contributed by atoms with Gasteiger partial charge in [0, 0.05) is 18.4 Å². The molecule has 1 aliphatic rings. The van der Waals surface area contributed by atoms with Gasteiger partial charge in [-0.25, -0.2) is 9.59 Å². The highest BCUT2D eigenvalue weighted by molar-refractivity contribution is 5.83. The van der Waals surface area contributed by atoms with Crippen molar-refractivity contribution in [3.63, 3.8) is 0 Å². The van der Waals surface area contributed by atoms with E-state index in [2.05, 4.69) is 34.9 Å². The molecule has 7 nitrogen and oxygen atoms in total. The summed E-state index contributed by atoms with van der Waals surface area (Å²) in [5.74, 6) is -1.45. The summed E-state index contributed by atoms with van der Waals surface area (Å²) < 4.78 is 5.56. The first-order valence-electron chi connectivity index (χ1n) is 12.0. The van der Waals surface area contributed by atoms with Crippen molar-refractivity contribution in [2.75, 3.05) is 6.61 Å². The molecular formula is C27H34N2O5. The average Bonchev–Trinajstić information content (AvgIpc) is 3.14. The molecular weight excluding hydrogens is 432 g/mol. The second kappa shape index (κ2) is 11.7. The highest BCUT2D eigenvalue weighted by Gasteiger charge is 2.29. The number of benzene rings is 2. The van der Waals surface area contributed by atoms with E-state index < -0.39 is 18.1 Å². The summed E-state index contributed by atoms with van der Waals surface area (Å²) in [6, 6.07) is 15.3. The van der Waals surface area contributed by atoms with E-state index in [0.29, 0.717) is 19.3 Å². The standard InChI is InChI=1S/C27H34N2O5/c1-4-17(2)25(26(31)32)29-24(30)15-9-10-18(3)28-27(33)34-16-23-21-13-7-5-11-19(21)20-12-6-8-14-22(20)23/h5-8,11-14,17-18,23,25H,4,9-10,15-16H2,1-3H3,(H,28,33)(H,29,30)(H,31,32)/t17-,18?,25-/m0/s1. The molecule has 0 radical (unpaired) electrons. The third kappa shape index (κ3) is 6.16. The Labute approximate surface area is 200 Å². The van der Waals surface area contributed by atoms with E-state index in [1.54, 1.807) is 6.92 Å². The topological polar surface area (TPSA) is 105 Å². The fourth-order valence-corrected chi connectivity index (χ4v) is 4.41. The van der Waals surface area contributed by atoms with Crippen LogP contribution in [0.5, 0.6) is 0 Å². The quantitative estimate of drug-likeness (QED) is 0.445. The van der Waals surface area contributed by atoms with Crippen LogP contribution in [0, 0.1) is 5.92 Å². The first kappa shape index (κ1) is 25.3. The van der Waals surface area contributed by atoms with E-state index in [9.17, 15) is 19.5 Å². The number of fused-ring (bicyclic) bond motifs is 3. The Balaban J connectivity index is 1.43. The zero-order valence-corrected chi connectivity index (χ0v) is 20.0. The summed E-state index contributed by atoms with van der Waals surface area (Å²) in [6.45, 7) is 5.81. The molecule has 0 bridgehead atoms. The Kier molecular flexibility index (Phi) is 8.68. The molecule has 3 N–H and O–H groups in total. The van der Waals surface area contributed by atoms with Gasteiger partial charge in [-0.15, -0.1) is 0 Å². The number of carbonyl (C=O) groups excluding carboxylic acids is 2. The van der Waals surface area contributed by atoms with E-state index in [0.717, 1.165) is 11.1 Å². The van der Waals surface area contributed by atoms with Gasteiger partial charge in [0.15, 0.2) is 0 Å². The molecule has 0 fully saturated rings. The summed E-state index contributed by atoms with van der Waals surface area (Å²) in [6.07, 6.45) is 1.50. The largest absolute Gasteiger partial charge is 0.480 e. The molecule has 1 aliphatic carbocycles. The molecule has 0 heterocycles. The molecule has 0 saturated carbocycles. The van der Waals surface area contributed by atoms with Crippen LogP contribution in [-0.4, -0.2) is 41.8 Å². The van der Waals surface area contributed by atoms with Crippen LogP contribution in [0.4, 0.5) is 4.79 Å². The third-order valence-electron chi connectivity index (χ3n) is 6.54. The zero-order chi connectivity index (χ0) is 24.7. The molecule has 3 atom stereocenters. The predicted molar refractivity (Wildman–Crippen MR) is 131 cm³/mol. The van der Waals surface area contributed by atoms with Crippen molar-refractivity contribution < 1.29 is 24.2 Å². The smallest absolute Gasteiger partial charge is 0.407 e. The van der Waals surface area contributed by atoms with Crippen molar-refractivity contribution in [3.05, 3.63) is 59.7 Å². The van der Waals surface area contributed by atoms with Gasteiger partial charge in [0.2, 0.25) is 5.91 Å². The minimum Gasteiger partial charge on any atom is -0.480 e. The van der Waals surface area contributed by atoms with Crippen LogP contribution in [0.25, 0.3) is 11.1 Å². The monoisotopic (exact) mass is 466 g/mol. The molecule has 1 unspecified atom stereocenters. The molecule has 34 heavy (non-hydrogen) atoms. The van der Waals surface area contributed by atoms with Crippen LogP contribution in [0.2, 0.25) is 0 Å². The van der Waals surface area contributed by atoms with Gasteiger partial charge in [0.1, 0.15) is 12.6 Å². The van der Waals surface area contributed by atoms with Crippen molar-refractivity contribution in [3.8, 4) is 11.1 Å². The molecule has 0 aliphatic heterocycles. The van der Waals surface area contributed by atoms with Crippen molar-refractivity contribution in [1.29, 1.82) is 0 Å². The van der Waals surface area contributed by atoms with Gasteiger partial charge in [0.05, 0.1) is 0 Å². The molecule has 0 spiro atoms. The van der Waals surface area contributed by atoms with Gasteiger partial charge in [-0.05, 0) is 47.9 Å². The normalized spacial score (nSPS) is 14.9. The highest BCUT2D eigenvalue weighted by Crippen LogP contribution is 2.44. The van der Waals surface area contributed by atoms with Crippen LogP contribution in [0.1, 0.15) is 63.5 Å². The van der Waals surface area contributed by atoms with Gasteiger partial charge in [0.25, 0.3) is 0 Å². The minimum absolute atomic E-state index is 0.00449. The second-order valence-corrected chi connectivity index (χ2v) is 9.03. The fourth-order valence-electron chi connectivity index (χ4n) is 4.41. The van der Waals surface area contributed by atoms with Gasteiger partial charge in [-0.2, -0.15) is 0 Å². The maximum atomic E-state index is 12.4. The maximum absolute atomic E-state index is 12.4. The first-order chi connectivity index (χ1) is 16.3. The number of carboxylic acid groups (broad SMARTS) is 1. The summed E-state index contributed by atoms with van der Waals surface area (Å²) in [5.41, 5.74) is 4.68. The summed E-state index contributed by atoms with van der Waals surface area (Å²) in [4.78, 5) is 35.9. The Morgan fingerprint density at radius 1 is 0.971 bits per heavy atom. The molecule has 2 aromatic rings. The summed E-state index contributed by atoms with van der Waals surface area (Å²) in [7, 11) is 0. The number of aliphatic carboxylic acids is 1. The lowest BCUT2D eigenvalue weighted by atomic mass is 9.98. The average molecular weight is 467 g/mol. The lowest BCUT2D eigenvalue weighted by molar-refractivity contribution is -0.143. The van der Waals surface area contributed by atoms with Gasteiger partial charge < -0.3 is 20.5 Å². The Morgan fingerprint density at radius 3 is 2.12 bits per heavy atom. The van der Waals surface area contributed by atoms with Crippen molar-refractivity contribution in [1.82, 2.24) is 10.6 Å². The molecule has 7 heteroatoms. The summed E-state index contributed by atoms with van der Waals surface area (Å²) >= 11 is 0. The third-order valence-corrected chi connectivity index (χ3v) is 6.54. The molecule has 182 valence electrons. The zero-order valence-electron chi connectivity index (χ0n) is 20.0. The second-order valence-electron chi connectivity index (χ2n) is 9.03. The SMILES string of the molecule is CC[C@H](C)[C@H](NC(=O)CCCC(C)NC(=O)OCC1c2ccccc2-c2ccccc21)C(=O)O. The number of hydrogen-bond acceptors (Lipinski definition) is 4. The van der Waals surface area contributed by atoms with Crippen LogP contribution < -0.4 is 10.6 Å². The number of nitrogens with one attached hydrogen (secondary N) is 2. The molecule has 0 saturated heterocycles. The van der Waals surface area contributed by atoms with Crippen LogP contribution in [-0.2, 0) is 14.3 Å². The van der Waals surface area contributed by atoms with Crippen LogP contribution in [0.15, 0.2) is 48.5 Å². The number of amides is 2. The van der Waals surface area contributed by atoms with Crippen molar-refractivity contribution in [2.45, 2.75) is 64.5 Å². The van der Waals surface area contributed by atoms with E-state index in [4.69, 9.17) is 4.74 Å². The van der Waals surface area contributed by atoms with E-state index in [1.807, 2.05) is 38.1 Å². The van der Waals surface area contributed by atoms with Gasteiger partial charge in [-0.1, -0.05) is 68.8 Å². The van der Waals surface area contributed by atoms with Crippen molar-refractivity contribution >= 4 is 18.0 Å². The Hall–Kier alpha value is -3.35. The van der Waals surface area contributed by atoms with E-state index >= 15 is 0 Å². The van der Waals surface area contributed by atoms with Gasteiger partial charge in [-0.3, -0.25) is 4.79 Å². The molecule has 2 aromatic carbocycles. The van der Waals surface area contributed by atoms with Crippen LogP contribution in [0.3, 0.4) is 0 Å².